The van der Waals surface area contributed by atoms with Crippen molar-refractivity contribution < 1.29 is 57.5 Å². The van der Waals surface area contributed by atoms with Crippen molar-refractivity contribution in [2.24, 2.45) is 5.92 Å². The second-order valence-electron chi connectivity index (χ2n) is 19.4. The minimum absolute atomic E-state index is 0.000112. The number of carbonyl (C=O) groups is 10. The minimum Gasteiger partial charge on any atom is -0.480 e. The number of hydrazine groups is 1. The fourth-order valence-electron chi connectivity index (χ4n) is 8.31. The summed E-state index contributed by atoms with van der Waals surface area (Å²) in [6.45, 7) is 6.41. The van der Waals surface area contributed by atoms with Crippen LogP contribution in [0.3, 0.4) is 0 Å². The number of rotatable bonds is 4. The van der Waals surface area contributed by atoms with Crippen molar-refractivity contribution in [2.75, 3.05) is 52.5 Å². The summed E-state index contributed by atoms with van der Waals surface area (Å²) in [5, 5.41) is 30.6. The average molecular weight is 1060 g/mol. The average Bonchev–Trinajstić information content (AvgIpc) is 4.05. The molecule has 0 aliphatic carbocycles. The first-order chi connectivity index (χ1) is 36.8. The van der Waals surface area contributed by atoms with E-state index in [-0.39, 0.29) is 99.9 Å². The number of hydrogen-bond acceptors (Lipinski definition) is 20. The first kappa shape index (κ1) is 58.9. The van der Waals surface area contributed by atoms with E-state index in [4.69, 9.17) is 9.40 Å². The van der Waals surface area contributed by atoms with Crippen molar-refractivity contribution in [3.05, 3.63) is 89.6 Å². The third kappa shape index (κ3) is 16.8. The number of carboxylic acid groups (broad SMARTS) is 1. The molecule has 77 heavy (non-hydrogen) atoms. The smallest absolute Gasteiger partial charge is 0.321 e. The number of nitrogens with zero attached hydrogens (tertiary/aromatic N) is 1. The van der Waals surface area contributed by atoms with Crippen LogP contribution >= 0.6 is 0 Å². The Morgan fingerprint density at radius 2 is 1.29 bits per heavy atom. The van der Waals surface area contributed by atoms with E-state index in [0.717, 1.165) is 0 Å². The monoisotopic (exact) mass is 1060 g/mol. The maximum Gasteiger partial charge on any atom is 0.321 e. The first-order valence-electron chi connectivity index (χ1n) is 25.4. The van der Waals surface area contributed by atoms with Crippen molar-refractivity contribution in [3.63, 3.8) is 0 Å². The van der Waals surface area contributed by atoms with Crippen LogP contribution in [0, 0.1) is 5.92 Å². The third-order valence-corrected chi connectivity index (χ3v) is 13.1. The number of aromatic nitrogens is 2. The number of Topliss-reactive ketones (excluding diaryl/α,β-unsaturated/α-hetero) is 8. The molecule has 1 amide bonds. The summed E-state index contributed by atoms with van der Waals surface area (Å²) in [5.41, 5.74) is 9.07. The van der Waals surface area contributed by atoms with Crippen LogP contribution in [0.1, 0.15) is 62.5 Å². The van der Waals surface area contributed by atoms with Crippen LogP contribution in [-0.4, -0.2) is 162 Å². The number of carbonyl (C=O) groups excluding carboxylic acids is 9. The fraction of sp³-hybridized carbons (Fsp3) is 0.426. The van der Waals surface area contributed by atoms with E-state index < -0.39 is 83.6 Å². The first-order valence-corrected chi connectivity index (χ1v) is 25.4. The summed E-state index contributed by atoms with van der Waals surface area (Å²) in [7, 11) is 0. The molecule has 2 aromatic heterocycles. The number of oxazole rings is 1. The van der Waals surface area contributed by atoms with Crippen LogP contribution in [-0.2, 0) is 56.0 Å². The van der Waals surface area contributed by atoms with E-state index >= 15 is 0 Å². The lowest BCUT2D eigenvalue weighted by Gasteiger charge is -2.24. The number of aliphatic carboxylic acids is 1. The van der Waals surface area contributed by atoms with E-state index in [9.17, 15) is 53.1 Å². The number of carboxylic acids is 1. The fourth-order valence-corrected chi connectivity index (χ4v) is 8.31. The molecule has 0 saturated carbocycles. The van der Waals surface area contributed by atoms with Crippen molar-refractivity contribution >= 4 is 80.1 Å². The number of fused-ring (bicyclic) bond motifs is 35. The lowest BCUT2D eigenvalue weighted by atomic mass is 9.92. The van der Waals surface area contributed by atoms with Crippen molar-refractivity contribution in [1.82, 2.24) is 58.0 Å². The summed E-state index contributed by atoms with van der Waals surface area (Å²) in [6.07, 6.45) is 1.25. The van der Waals surface area contributed by atoms with Gasteiger partial charge in [-0.25, -0.2) is 15.8 Å². The molecule has 2 aliphatic heterocycles. The number of ketones is 8. The predicted octanol–water partition coefficient (Wildman–Crippen LogP) is 0.0488. The Bertz CT molecular complexity index is 2950. The Hall–Kier alpha value is -7.35. The van der Waals surface area contributed by atoms with Crippen molar-refractivity contribution in [1.29, 1.82) is 0 Å². The summed E-state index contributed by atoms with van der Waals surface area (Å²) in [4.78, 5) is 139. The highest BCUT2D eigenvalue weighted by atomic mass is 16.4. The van der Waals surface area contributed by atoms with E-state index in [1.54, 1.807) is 88.5 Å². The normalized spacial score (nSPS) is 23.3. The van der Waals surface area contributed by atoms with Gasteiger partial charge in [-0.2, -0.15) is 0 Å². The molecule has 2 aliphatic rings. The molecule has 0 radical (unpaired) electrons. The molecule has 410 valence electrons. The molecule has 1 unspecified atom stereocenters. The number of amides is 1. The molecule has 6 atom stereocenters. The zero-order valence-electron chi connectivity index (χ0n) is 43.6. The molecular formula is C54H67N11O12. The summed E-state index contributed by atoms with van der Waals surface area (Å²) < 4.78 is 6.16. The van der Waals surface area contributed by atoms with Crippen LogP contribution < -0.4 is 48.1 Å². The number of aromatic amines is 1. The highest BCUT2D eigenvalue weighted by Crippen LogP contribution is 2.32. The highest BCUT2D eigenvalue weighted by molar-refractivity contribution is 6.41. The van der Waals surface area contributed by atoms with Gasteiger partial charge in [0.15, 0.2) is 40.3 Å². The van der Waals surface area contributed by atoms with Gasteiger partial charge in [0.2, 0.25) is 17.5 Å². The Kier molecular flexibility index (Phi) is 21.5. The Balaban J connectivity index is 1.18. The van der Waals surface area contributed by atoms with Crippen LogP contribution in [0.5, 0.6) is 0 Å². The zero-order chi connectivity index (χ0) is 55.8. The van der Waals surface area contributed by atoms with Gasteiger partial charge in [-0.15, -0.1) is 0 Å². The maximum atomic E-state index is 14.1. The van der Waals surface area contributed by atoms with Crippen LogP contribution in [0.4, 0.5) is 0 Å². The van der Waals surface area contributed by atoms with Crippen LogP contribution in [0.2, 0.25) is 0 Å². The molecule has 0 saturated heterocycles. The lowest BCUT2D eigenvalue weighted by Crippen LogP contribution is -2.56. The Morgan fingerprint density at radius 3 is 1.94 bits per heavy atom. The quantitative estimate of drug-likeness (QED) is 0.0837. The summed E-state index contributed by atoms with van der Waals surface area (Å²) in [5.74, 6) is -6.03. The molecule has 5 aromatic rings. The largest absolute Gasteiger partial charge is 0.480 e. The molecule has 7 rings (SSSR count). The van der Waals surface area contributed by atoms with E-state index in [0.29, 0.717) is 38.7 Å². The second-order valence-corrected chi connectivity index (χ2v) is 19.4. The molecule has 4 heterocycles. The summed E-state index contributed by atoms with van der Waals surface area (Å²) in [6, 6.07) is 12.8. The van der Waals surface area contributed by atoms with E-state index in [2.05, 4.69) is 53.1 Å². The number of hydrogen-bond donors (Lipinski definition) is 11. The second kappa shape index (κ2) is 28.1. The molecule has 3 aromatic carbocycles. The van der Waals surface area contributed by atoms with Gasteiger partial charge < -0.3 is 41.1 Å². The number of H-pyrrole nitrogens is 1. The maximum absolute atomic E-state index is 14.1. The van der Waals surface area contributed by atoms with Gasteiger partial charge in [-0.3, -0.25) is 58.6 Å². The van der Waals surface area contributed by atoms with Gasteiger partial charge in [0, 0.05) is 47.7 Å². The molecule has 4 bridgehead atoms. The molecule has 23 heteroatoms. The van der Waals surface area contributed by atoms with Gasteiger partial charge in [-0.05, 0) is 74.2 Å². The molecule has 23 nitrogen and oxygen atoms in total. The van der Waals surface area contributed by atoms with Gasteiger partial charge in [0.25, 0.3) is 5.91 Å². The van der Waals surface area contributed by atoms with E-state index in [1.807, 2.05) is 0 Å². The van der Waals surface area contributed by atoms with Crippen LogP contribution in [0.15, 0.2) is 77.3 Å². The molecular weight excluding hydrogens is 995 g/mol. The lowest BCUT2D eigenvalue weighted by molar-refractivity contribution is -0.139. The standard InChI is InChI=1S/C54H67N11O12/c1-29(2)48-51(73)50(72)41(17-33-9-7-6-8-10-33)63-52(74)34-11-13-35(14-12-34)53-64-49-46(77-53)16-15-40-47(49)36(20-59-40)18-42(54(75)76)61-28-60-32(5)45(71)27-55-21-37(66)19-43(69)30(3)57-23-38(67)22-56-26-44(70)31(4)58-24-39(68)25-62-65-48/h6-16,20,29-32,41-42,48,55-62,65H,17-19,21-28H2,1-5H3,(H,63,74)(H,75,76)/t30-,31-,32-,41-,42?,48-/m0/s1. The Labute approximate surface area is 443 Å². The SMILES string of the molecule is CC(C)[C@@H]1NNCC(=O)CN[C@@H](C)C(=O)CNCC(=O)CN[C@@H](C)C(=O)CC(=O)CNCC(=O)[C@H](C)NCNC(C(=O)O)Cc2c[nH]c3ccc4oc(nc4c23)-c2ccc(cc2)C(=O)N[C@@H](Cc2ccccc2)C(=O)C1=O. The molecule has 11 N–H and O–H groups in total. The molecule has 0 spiro atoms. The zero-order valence-corrected chi connectivity index (χ0v) is 43.6. The topological polar surface area (TPSA) is 341 Å². The predicted molar refractivity (Wildman–Crippen MR) is 284 cm³/mol. The van der Waals surface area contributed by atoms with E-state index in [1.165, 1.54) is 19.1 Å². The molecule has 0 fully saturated rings. The highest BCUT2D eigenvalue weighted by Gasteiger charge is 2.34. The minimum atomic E-state index is -1.27. The number of nitrogens with one attached hydrogen (secondary N) is 10. The third-order valence-electron chi connectivity index (χ3n) is 13.1. The van der Waals surface area contributed by atoms with Gasteiger partial charge >= 0.3 is 5.97 Å². The summed E-state index contributed by atoms with van der Waals surface area (Å²) >= 11 is 0. The van der Waals surface area contributed by atoms with Crippen molar-refractivity contribution in [3.8, 4) is 11.5 Å². The van der Waals surface area contributed by atoms with Crippen LogP contribution in [0.25, 0.3) is 33.5 Å². The number of benzene rings is 3. The van der Waals surface area contributed by atoms with Gasteiger partial charge in [0.1, 0.15) is 11.6 Å². The van der Waals surface area contributed by atoms with Gasteiger partial charge in [-0.1, -0.05) is 44.2 Å². The van der Waals surface area contributed by atoms with Gasteiger partial charge in [0.05, 0.1) is 82.4 Å². The Morgan fingerprint density at radius 1 is 0.675 bits per heavy atom. The van der Waals surface area contributed by atoms with Crippen molar-refractivity contribution in [2.45, 2.75) is 90.1 Å².